The topological polar surface area (TPSA) is 42.0 Å². The summed E-state index contributed by atoms with van der Waals surface area (Å²) < 4.78 is 0. The highest BCUT2D eigenvalue weighted by Crippen LogP contribution is 2.42. The lowest BCUT2D eigenvalue weighted by atomic mass is 10.1. The summed E-state index contributed by atoms with van der Waals surface area (Å²) in [5.74, 6) is 0.755. The van der Waals surface area contributed by atoms with Crippen molar-refractivity contribution in [2.24, 2.45) is 0 Å². The van der Waals surface area contributed by atoms with E-state index < -0.39 is 0 Å². The van der Waals surface area contributed by atoms with Gasteiger partial charge in [-0.25, -0.2) is 4.98 Å². The van der Waals surface area contributed by atoms with E-state index in [0.29, 0.717) is 12.0 Å². The molecule has 1 heterocycles. The number of rotatable bonds is 4. The summed E-state index contributed by atoms with van der Waals surface area (Å²) >= 11 is 1.76. The van der Waals surface area contributed by atoms with Gasteiger partial charge in [0.1, 0.15) is 0 Å². The summed E-state index contributed by atoms with van der Waals surface area (Å²) in [5.41, 5.74) is 2.88. The molecule has 1 aromatic heterocycles. The largest absolute Gasteiger partial charge is 0.349 e. The van der Waals surface area contributed by atoms with E-state index in [4.69, 9.17) is 4.98 Å². The van der Waals surface area contributed by atoms with Crippen molar-refractivity contribution in [3.8, 4) is 11.3 Å². The van der Waals surface area contributed by atoms with E-state index in [1.807, 2.05) is 24.3 Å². The van der Waals surface area contributed by atoms with Gasteiger partial charge in [0, 0.05) is 28.5 Å². The molecule has 2 aromatic rings. The van der Waals surface area contributed by atoms with Crippen molar-refractivity contribution in [3.63, 3.8) is 0 Å². The maximum Gasteiger partial charge on any atom is 0.251 e. The van der Waals surface area contributed by atoms with Gasteiger partial charge < -0.3 is 5.32 Å². The van der Waals surface area contributed by atoms with Crippen LogP contribution in [0.4, 0.5) is 0 Å². The lowest BCUT2D eigenvalue weighted by Gasteiger charge is -2.11. The molecular formula is C18H20N2OS. The molecule has 0 atom stereocenters. The molecule has 0 unspecified atom stereocenters. The minimum absolute atomic E-state index is 0.0513. The minimum Gasteiger partial charge on any atom is -0.349 e. The van der Waals surface area contributed by atoms with Crippen molar-refractivity contribution in [3.05, 3.63) is 40.2 Å². The fraction of sp³-hybridized carbons (Fsp3) is 0.444. The molecule has 0 radical (unpaired) electrons. The molecule has 114 valence electrons. The standard InChI is InChI=1S/C18H20N2OS/c21-17(19-15-3-1-2-4-15)13-7-5-12(6-8-13)16-11-22-18(20-16)14-9-10-14/h5-8,11,14-15H,1-4,9-10H2,(H,19,21). The predicted molar refractivity (Wildman–Crippen MR) is 89.2 cm³/mol. The molecule has 2 saturated carbocycles. The van der Waals surface area contributed by atoms with Crippen LogP contribution in [0.1, 0.15) is 59.8 Å². The van der Waals surface area contributed by atoms with Gasteiger partial charge >= 0.3 is 0 Å². The third-order valence-electron chi connectivity index (χ3n) is 4.58. The molecule has 0 saturated heterocycles. The fourth-order valence-electron chi connectivity index (χ4n) is 3.07. The number of thiazole rings is 1. The summed E-state index contributed by atoms with van der Waals surface area (Å²) in [4.78, 5) is 16.9. The summed E-state index contributed by atoms with van der Waals surface area (Å²) in [6.07, 6.45) is 7.27. The number of aromatic nitrogens is 1. The zero-order valence-electron chi connectivity index (χ0n) is 12.5. The second-order valence-electron chi connectivity index (χ2n) is 6.38. The van der Waals surface area contributed by atoms with Crippen LogP contribution in [0.3, 0.4) is 0 Å². The number of benzene rings is 1. The number of nitrogens with zero attached hydrogens (tertiary/aromatic N) is 1. The van der Waals surface area contributed by atoms with Crippen LogP contribution >= 0.6 is 11.3 Å². The Kier molecular flexibility index (Phi) is 3.70. The van der Waals surface area contributed by atoms with Crippen molar-refractivity contribution in [2.75, 3.05) is 0 Å². The van der Waals surface area contributed by atoms with Gasteiger partial charge in [-0.1, -0.05) is 25.0 Å². The van der Waals surface area contributed by atoms with Gasteiger partial charge in [0.25, 0.3) is 5.91 Å². The van der Waals surface area contributed by atoms with Crippen LogP contribution < -0.4 is 5.32 Å². The first-order valence-corrected chi connectivity index (χ1v) is 9.04. The van der Waals surface area contributed by atoms with Gasteiger partial charge in [0.15, 0.2) is 0 Å². The summed E-state index contributed by atoms with van der Waals surface area (Å²) in [6, 6.07) is 8.21. The highest BCUT2D eigenvalue weighted by atomic mass is 32.1. The molecule has 1 N–H and O–H groups in total. The Hall–Kier alpha value is -1.68. The Balaban J connectivity index is 1.45. The van der Waals surface area contributed by atoms with E-state index in [2.05, 4.69) is 10.7 Å². The van der Waals surface area contributed by atoms with Crippen molar-refractivity contribution in [2.45, 2.75) is 50.5 Å². The van der Waals surface area contributed by atoms with E-state index in [0.717, 1.165) is 29.7 Å². The molecule has 0 spiro atoms. The highest BCUT2D eigenvalue weighted by Gasteiger charge is 2.26. The molecular weight excluding hydrogens is 292 g/mol. The number of carbonyl (C=O) groups is 1. The molecule has 2 aliphatic carbocycles. The number of hydrogen-bond donors (Lipinski definition) is 1. The monoisotopic (exact) mass is 312 g/mol. The molecule has 1 aromatic carbocycles. The number of amides is 1. The molecule has 1 amide bonds. The first-order chi connectivity index (χ1) is 10.8. The predicted octanol–water partition coefficient (Wildman–Crippen LogP) is 4.36. The zero-order chi connectivity index (χ0) is 14.9. The number of carbonyl (C=O) groups excluding carboxylic acids is 1. The first-order valence-electron chi connectivity index (χ1n) is 8.16. The molecule has 22 heavy (non-hydrogen) atoms. The van der Waals surface area contributed by atoms with E-state index in [1.54, 1.807) is 11.3 Å². The average Bonchev–Trinajstić information content (AvgIpc) is 3.06. The third kappa shape index (κ3) is 2.93. The highest BCUT2D eigenvalue weighted by molar-refractivity contribution is 7.10. The maximum absolute atomic E-state index is 12.2. The van der Waals surface area contributed by atoms with Gasteiger partial charge in [-0.15, -0.1) is 11.3 Å². The quantitative estimate of drug-likeness (QED) is 0.911. The van der Waals surface area contributed by atoms with Crippen molar-refractivity contribution >= 4 is 17.2 Å². The van der Waals surface area contributed by atoms with Crippen LogP contribution in [-0.2, 0) is 0 Å². The van der Waals surface area contributed by atoms with E-state index in [9.17, 15) is 4.79 Å². The summed E-state index contributed by atoms with van der Waals surface area (Å²) in [7, 11) is 0. The van der Waals surface area contributed by atoms with Crippen LogP contribution in [0.15, 0.2) is 29.6 Å². The van der Waals surface area contributed by atoms with Crippen molar-refractivity contribution in [1.82, 2.24) is 10.3 Å². The lowest BCUT2D eigenvalue weighted by Crippen LogP contribution is -2.32. The smallest absolute Gasteiger partial charge is 0.251 e. The molecule has 2 aliphatic rings. The Morgan fingerprint density at radius 1 is 1.09 bits per heavy atom. The first kappa shape index (κ1) is 13.9. The van der Waals surface area contributed by atoms with E-state index in [1.165, 1.54) is 30.7 Å². The van der Waals surface area contributed by atoms with Crippen molar-refractivity contribution in [1.29, 1.82) is 0 Å². The second-order valence-corrected chi connectivity index (χ2v) is 7.27. The second kappa shape index (κ2) is 5.84. The minimum atomic E-state index is 0.0513. The van der Waals surface area contributed by atoms with Crippen LogP contribution in [0.5, 0.6) is 0 Å². The zero-order valence-corrected chi connectivity index (χ0v) is 13.4. The average molecular weight is 312 g/mol. The Bertz CT molecular complexity index is 667. The van der Waals surface area contributed by atoms with Crippen LogP contribution in [0.25, 0.3) is 11.3 Å². The molecule has 2 fully saturated rings. The van der Waals surface area contributed by atoms with E-state index in [-0.39, 0.29) is 5.91 Å². The molecule has 3 nitrogen and oxygen atoms in total. The van der Waals surface area contributed by atoms with Gasteiger partial charge in [-0.05, 0) is 37.8 Å². The van der Waals surface area contributed by atoms with Gasteiger partial charge in [0.2, 0.25) is 0 Å². The maximum atomic E-state index is 12.2. The molecule has 0 aliphatic heterocycles. The van der Waals surface area contributed by atoms with Gasteiger partial charge in [-0.2, -0.15) is 0 Å². The SMILES string of the molecule is O=C(NC1CCCC1)c1ccc(-c2csc(C3CC3)n2)cc1. The van der Waals surface area contributed by atoms with Gasteiger partial charge in [-0.3, -0.25) is 4.79 Å². The Morgan fingerprint density at radius 2 is 1.82 bits per heavy atom. The van der Waals surface area contributed by atoms with Crippen LogP contribution in [0.2, 0.25) is 0 Å². The lowest BCUT2D eigenvalue weighted by molar-refractivity contribution is 0.0938. The normalized spacial score (nSPS) is 18.5. The Labute approximate surface area is 134 Å². The summed E-state index contributed by atoms with van der Waals surface area (Å²) in [5, 5.41) is 6.52. The van der Waals surface area contributed by atoms with Crippen LogP contribution in [-0.4, -0.2) is 16.9 Å². The van der Waals surface area contributed by atoms with Crippen molar-refractivity contribution < 1.29 is 4.79 Å². The summed E-state index contributed by atoms with van der Waals surface area (Å²) in [6.45, 7) is 0. The van der Waals surface area contributed by atoms with E-state index >= 15 is 0 Å². The Morgan fingerprint density at radius 3 is 2.50 bits per heavy atom. The molecule has 4 heteroatoms. The van der Waals surface area contributed by atoms with Crippen LogP contribution in [0, 0.1) is 0 Å². The number of hydrogen-bond acceptors (Lipinski definition) is 3. The number of nitrogens with one attached hydrogen (secondary N) is 1. The molecule has 0 bridgehead atoms. The van der Waals surface area contributed by atoms with Gasteiger partial charge in [0.05, 0.1) is 10.7 Å². The fourth-order valence-corrected chi connectivity index (χ4v) is 4.07. The third-order valence-corrected chi connectivity index (χ3v) is 5.59. The molecule has 4 rings (SSSR count).